The lowest BCUT2D eigenvalue weighted by atomic mass is 10.1. The van der Waals surface area contributed by atoms with Crippen molar-refractivity contribution >= 4 is 33.2 Å². The van der Waals surface area contributed by atoms with Crippen LogP contribution in [-0.2, 0) is 10.0 Å². The largest absolute Gasteiger partial charge is 0.478 e. The summed E-state index contributed by atoms with van der Waals surface area (Å²) in [7, 11) is -3.90. The third-order valence-electron chi connectivity index (χ3n) is 5.43. The Hall–Kier alpha value is -3.59. The van der Waals surface area contributed by atoms with E-state index in [0.717, 1.165) is 30.2 Å². The second-order valence-corrected chi connectivity index (χ2v) is 9.30. The number of aryl methyl sites for hydroxylation is 1. The Morgan fingerprint density at radius 2 is 1.66 bits per heavy atom. The van der Waals surface area contributed by atoms with E-state index in [9.17, 15) is 18.3 Å². The van der Waals surface area contributed by atoms with Crippen molar-refractivity contribution in [2.75, 3.05) is 40.7 Å². The number of aromatic nitrogens is 1. The number of sulfonamides is 1. The van der Waals surface area contributed by atoms with Crippen LogP contribution in [0.25, 0.3) is 0 Å². The fourth-order valence-electron chi connectivity index (χ4n) is 3.65. The summed E-state index contributed by atoms with van der Waals surface area (Å²) in [4.78, 5) is 20.6. The van der Waals surface area contributed by atoms with Crippen LogP contribution in [0.4, 0.5) is 17.2 Å². The number of aromatic carboxylic acids is 1. The fourth-order valence-corrected chi connectivity index (χ4v) is 4.73. The third-order valence-corrected chi connectivity index (χ3v) is 6.81. The van der Waals surface area contributed by atoms with Crippen molar-refractivity contribution in [3.8, 4) is 0 Å². The first-order valence-electron chi connectivity index (χ1n) is 10.2. The molecule has 1 aliphatic heterocycles. The van der Waals surface area contributed by atoms with E-state index < -0.39 is 16.0 Å². The molecule has 2 aromatic carbocycles. The predicted molar refractivity (Wildman–Crippen MR) is 124 cm³/mol. The van der Waals surface area contributed by atoms with Gasteiger partial charge in [-0.15, -0.1) is 0 Å². The number of piperazine rings is 1. The lowest BCUT2D eigenvalue weighted by Gasteiger charge is -2.36. The molecule has 0 unspecified atom stereocenters. The summed E-state index contributed by atoms with van der Waals surface area (Å²) < 4.78 is 27.9. The molecule has 8 nitrogen and oxygen atoms in total. The van der Waals surface area contributed by atoms with Crippen molar-refractivity contribution in [3.63, 3.8) is 0 Å². The average molecular weight is 453 g/mol. The molecule has 0 spiro atoms. The fraction of sp³-hybridized carbons (Fsp3) is 0.217. The molecular formula is C23H24N4O4S. The molecule has 0 aliphatic carbocycles. The van der Waals surface area contributed by atoms with Crippen LogP contribution in [0.15, 0.2) is 71.8 Å². The van der Waals surface area contributed by atoms with Gasteiger partial charge in [-0.25, -0.2) is 18.2 Å². The Labute approximate surface area is 187 Å². The number of nitrogens with zero attached hydrogens (tertiary/aromatic N) is 3. The summed E-state index contributed by atoms with van der Waals surface area (Å²) >= 11 is 0. The quantitative estimate of drug-likeness (QED) is 0.592. The van der Waals surface area contributed by atoms with Crippen LogP contribution in [0.2, 0.25) is 0 Å². The van der Waals surface area contributed by atoms with Gasteiger partial charge in [0.2, 0.25) is 0 Å². The topological polar surface area (TPSA) is 103 Å². The van der Waals surface area contributed by atoms with Gasteiger partial charge in [0.1, 0.15) is 5.82 Å². The molecule has 32 heavy (non-hydrogen) atoms. The van der Waals surface area contributed by atoms with E-state index in [1.54, 1.807) is 24.4 Å². The van der Waals surface area contributed by atoms with Gasteiger partial charge in [0.25, 0.3) is 10.0 Å². The molecule has 4 rings (SSSR count). The normalized spacial score (nSPS) is 14.3. The van der Waals surface area contributed by atoms with Crippen molar-refractivity contribution in [1.29, 1.82) is 0 Å². The maximum atomic E-state index is 12.7. The van der Waals surface area contributed by atoms with Gasteiger partial charge in [0.15, 0.2) is 0 Å². The second kappa shape index (κ2) is 8.88. The van der Waals surface area contributed by atoms with Gasteiger partial charge in [-0.3, -0.25) is 4.72 Å². The van der Waals surface area contributed by atoms with Gasteiger partial charge >= 0.3 is 5.97 Å². The van der Waals surface area contributed by atoms with E-state index >= 15 is 0 Å². The maximum Gasteiger partial charge on any atom is 0.337 e. The van der Waals surface area contributed by atoms with Crippen molar-refractivity contribution in [2.24, 2.45) is 0 Å². The van der Waals surface area contributed by atoms with Gasteiger partial charge in [-0.05, 0) is 49.4 Å². The highest BCUT2D eigenvalue weighted by Gasteiger charge is 2.22. The molecule has 9 heteroatoms. The van der Waals surface area contributed by atoms with E-state index in [1.165, 1.54) is 24.3 Å². The summed E-state index contributed by atoms with van der Waals surface area (Å²) in [5.41, 5.74) is 1.61. The van der Waals surface area contributed by atoms with E-state index in [2.05, 4.69) is 19.5 Å². The maximum absolute atomic E-state index is 12.7. The van der Waals surface area contributed by atoms with Crippen molar-refractivity contribution < 1.29 is 18.3 Å². The monoisotopic (exact) mass is 452 g/mol. The number of benzene rings is 2. The number of rotatable bonds is 6. The van der Waals surface area contributed by atoms with Crippen LogP contribution in [0, 0.1) is 6.92 Å². The lowest BCUT2D eigenvalue weighted by Crippen LogP contribution is -2.46. The molecule has 1 aromatic heterocycles. The van der Waals surface area contributed by atoms with Gasteiger partial charge < -0.3 is 14.9 Å². The zero-order chi connectivity index (χ0) is 22.7. The minimum Gasteiger partial charge on any atom is -0.478 e. The van der Waals surface area contributed by atoms with Gasteiger partial charge in [-0.2, -0.15) is 0 Å². The van der Waals surface area contributed by atoms with E-state index in [0.29, 0.717) is 13.1 Å². The second-order valence-electron chi connectivity index (χ2n) is 7.62. The minimum absolute atomic E-state index is 0.0361. The number of hydrogen-bond acceptors (Lipinski definition) is 6. The third kappa shape index (κ3) is 4.67. The summed E-state index contributed by atoms with van der Waals surface area (Å²) in [5, 5.41) is 9.71. The molecule has 1 fully saturated rings. The highest BCUT2D eigenvalue weighted by Crippen LogP contribution is 2.27. The van der Waals surface area contributed by atoms with Crippen LogP contribution < -0.4 is 14.5 Å². The smallest absolute Gasteiger partial charge is 0.337 e. The van der Waals surface area contributed by atoms with Crippen molar-refractivity contribution in [1.82, 2.24) is 4.98 Å². The Morgan fingerprint density at radius 3 is 2.28 bits per heavy atom. The van der Waals surface area contributed by atoms with Crippen LogP contribution in [0.3, 0.4) is 0 Å². The SMILES string of the molecule is Cc1ccc(S(=O)(=O)Nc2ccc(N3CCN(c4ccccn4)CC3)cc2C(=O)O)cc1. The number of hydrogen-bond donors (Lipinski definition) is 2. The number of carboxylic acids is 1. The molecule has 0 amide bonds. The molecule has 0 bridgehead atoms. The Balaban J connectivity index is 1.52. The van der Waals surface area contributed by atoms with Crippen molar-refractivity contribution in [2.45, 2.75) is 11.8 Å². The van der Waals surface area contributed by atoms with Crippen LogP contribution in [0.5, 0.6) is 0 Å². The predicted octanol–water partition coefficient (Wildman–Crippen LogP) is 3.22. The molecule has 3 aromatic rings. The first kappa shape index (κ1) is 21.6. The van der Waals surface area contributed by atoms with Crippen LogP contribution in [0.1, 0.15) is 15.9 Å². The molecule has 2 N–H and O–H groups in total. The first-order valence-corrected chi connectivity index (χ1v) is 11.7. The number of pyridine rings is 1. The van der Waals surface area contributed by atoms with Crippen molar-refractivity contribution in [3.05, 3.63) is 78.0 Å². The van der Waals surface area contributed by atoms with Crippen LogP contribution in [-0.4, -0.2) is 50.7 Å². The Kier molecular flexibility index (Phi) is 6.00. The average Bonchev–Trinajstić information content (AvgIpc) is 2.80. The molecule has 1 saturated heterocycles. The number of nitrogens with one attached hydrogen (secondary N) is 1. The molecule has 166 valence electrons. The van der Waals surface area contributed by atoms with E-state index in [4.69, 9.17) is 0 Å². The number of carbonyl (C=O) groups is 1. The molecule has 0 atom stereocenters. The zero-order valence-corrected chi connectivity index (χ0v) is 18.4. The van der Waals surface area contributed by atoms with Crippen LogP contribution >= 0.6 is 0 Å². The molecule has 0 saturated carbocycles. The standard InChI is InChI=1S/C23H24N4O4S/c1-17-5-8-19(9-6-17)32(30,31)25-21-10-7-18(16-20(21)23(28)29)26-12-14-27(15-13-26)22-4-2-3-11-24-22/h2-11,16,25H,12-15H2,1H3,(H,28,29). The molecular weight excluding hydrogens is 428 g/mol. The molecule has 1 aliphatic rings. The van der Waals surface area contributed by atoms with Gasteiger partial charge in [-0.1, -0.05) is 23.8 Å². The highest BCUT2D eigenvalue weighted by molar-refractivity contribution is 7.92. The first-order chi connectivity index (χ1) is 15.3. The number of carboxylic acid groups (broad SMARTS) is 1. The summed E-state index contributed by atoms with van der Waals surface area (Å²) in [6, 6.07) is 16.9. The summed E-state index contributed by atoms with van der Waals surface area (Å²) in [6.07, 6.45) is 1.76. The summed E-state index contributed by atoms with van der Waals surface area (Å²) in [6.45, 7) is 4.76. The van der Waals surface area contributed by atoms with Gasteiger partial charge in [0.05, 0.1) is 16.1 Å². The molecule has 2 heterocycles. The Bertz CT molecular complexity index is 1210. The number of anilines is 3. The zero-order valence-electron chi connectivity index (χ0n) is 17.6. The highest BCUT2D eigenvalue weighted by atomic mass is 32.2. The summed E-state index contributed by atoms with van der Waals surface area (Å²) in [5.74, 6) is -0.278. The van der Waals surface area contributed by atoms with Gasteiger partial charge in [0, 0.05) is 38.1 Å². The lowest BCUT2D eigenvalue weighted by molar-refractivity contribution is 0.0698. The van der Waals surface area contributed by atoms with E-state index in [1.807, 2.05) is 25.1 Å². The molecule has 0 radical (unpaired) electrons. The van der Waals surface area contributed by atoms with E-state index in [-0.39, 0.29) is 16.1 Å². The minimum atomic E-state index is -3.90. The Morgan fingerprint density at radius 1 is 0.969 bits per heavy atom.